The van der Waals surface area contributed by atoms with Gasteiger partial charge in [0.25, 0.3) is 0 Å². The number of nitrogens with two attached hydrogens (primary N) is 1. The molecule has 0 spiro atoms. The number of carbonyl (C=O) groups excluding carboxylic acids is 2. The zero-order chi connectivity index (χ0) is 13.3. The Kier molecular flexibility index (Phi) is 3.06. The summed E-state index contributed by atoms with van der Waals surface area (Å²) >= 11 is 0. The normalized spacial score (nSPS) is 13.2. The predicted molar refractivity (Wildman–Crippen MR) is 64.6 cm³/mol. The Balaban J connectivity index is 2.43. The number of methoxy groups -OCH3 is 2. The highest BCUT2D eigenvalue weighted by atomic mass is 16.5. The second-order valence-electron chi connectivity index (χ2n) is 3.93. The van der Waals surface area contributed by atoms with Gasteiger partial charge in [-0.3, -0.25) is 0 Å². The van der Waals surface area contributed by atoms with Gasteiger partial charge in [0.05, 0.1) is 25.4 Å². The van der Waals surface area contributed by atoms with E-state index in [1.165, 1.54) is 14.2 Å². The second kappa shape index (κ2) is 4.52. The molecule has 0 saturated carbocycles. The zero-order valence-corrected chi connectivity index (χ0v) is 10.1. The quantitative estimate of drug-likeness (QED) is 0.784. The number of benzene rings is 1. The van der Waals surface area contributed by atoms with E-state index in [-0.39, 0.29) is 0 Å². The van der Waals surface area contributed by atoms with Gasteiger partial charge >= 0.3 is 11.9 Å². The van der Waals surface area contributed by atoms with Gasteiger partial charge in [0.15, 0.2) is 0 Å². The van der Waals surface area contributed by atoms with Crippen LogP contribution in [0.5, 0.6) is 0 Å². The van der Waals surface area contributed by atoms with Crippen molar-refractivity contribution in [2.24, 2.45) is 5.73 Å². The van der Waals surface area contributed by atoms with Gasteiger partial charge in [-0.05, 0) is 23.3 Å². The van der Waals surface area contributed by atoms with Crippen LogP contribution in [0.4, 0.5) is 0 Å². The fraction of sp³-hybridized carbons (Fsp3) is 0.231. The molecule has 18 heavy (non-hydrogen) atoms. The number of rotatable bonds is 2. The molecular formula is C13H13NO4. The van der Waals surface area contributed by atoms with Gasteiger partial charge in [-0.2, -0.15) is 0 Å². The van der Waals surface area contributed by atoms with Crippen LogP contribution in [0.3, 0.4) is 0 Å². The third kappa shape index (κ3) is 1.84. The highest BCUT2D eigenvalue weighted by molar-refractivity contribution is 6.19. The summed E-state index contributed by atoms with van der Waals surface area (Å²) in [4.78, 5) is 23.0. The maximum atomic E-state index is 11.6. The van der Waals surface area contributed by atoms with Gasteiger partial charge in [0, 0.05) is 12.1 Å². The molecule has 0 saturated heterocycles. The van der Waals surface area contributed by atoms with Crippen molar-refractivity contribution in [1.29, 1.82) is 0 Å². The van der Waals surface area contributed by atoms with Gasteiger partial charge in [-0.15, -0.1) is 0 Å². The summed E-state index contributed by atoms with van der Waals surface area (Å²) in [6, 6.07) is 4.98. The maximum Gasteiger partial charge on any atom is 0.340 e. The minimum atomic E-state index is -0.461. The van der Waals surface area contributed by atoms with E-state index in [1.807, 2.05) is 0 Å². The summed E-state index contributed by atoms with van der Waals surface area (Å²) in [7, 11) is 2.63. The van der Waals surface area contributed by atoms with Crippen molar-refractivity contribution in [2.75, 3.05) is 14.2 Å². The molecule has 1 aliphatic carbocycles. The Hall–Kier alpha value is -2.30. The van der Waals surface area contributed by atoms with Gasteiger partial charge in [-0.1, -0.05) is 6.07 Å². The van der Waals surface area contributed by atoms with E-state index in [9.17, 15) is 9.59 Å². The number of hydrogen-bond donors (Lipinski definition) is 1. The minimum Gasteiger partial charge on any atom is -0.465 e. The van der Waals surface area contributed by atoms with Crippen LogP contribution in [0.25, 0.3) is 5.57 Å². The van der Waals surface area contributed by atoms with Crippen molar-refractivity contribution in [2.45, 2.75) is 6.42 Å². The number of hydrogen-bond acceptors (Lipinski definition) is 5. The number of carbonyl (C=O) groups is 2. The van der Waals surface area contributed by atoms with Crippen molar-refractivity contribution in [3.63, 3.8) is 0 Å². The van der Waals surface area contributed by atoms with E-state index in [4.69, 9.17) is 10.5 Å². The summed E-state index contributed by atoms with van der Waals surface area (Å²) in [5.74, 6) is -0.875. The topological polar surface area (TPSA) is 78.6 Å². The third-order valence-corrected chi connectivity index (χ3v) is 2.89. The average Bonchev–Trinajstić information content (AvgIpc) is 2.71. The summed E-state index contributed by atoms with van der Waals surface area (Å²) in [6.07, 6.45) is 0.435. The molecule has 0 amide bonds. The van der Waals surface area contributed by atoms with Crippen LogP contribution in [0.15, 0.2) is 23.9 Å². The Morgan fingerprint density at radius 1 is 1.17 bits per heavy atom. The van der Waals surface area contributed by atoms with Gasteiger partial charge in [-0.25, -0.2) is 9.59 Å². The van der Waals surface area contributed by atoms with E-state index in [2.05, 4.69) is 4.74 Å². The molecule has 2 rings (SSSR count). The van der Waals surface area contributed by atoms with Crippen molar-refractivity contribution < 1.29 is 19.1 Å². The Morgan fingerprint density at radius 2 is 1.83 bits per heavy atom. The molecule has 94 valence electrons. The SMILES string of the molecule is COC(=O)C1=C(N)Cc2cc(C(=O)OC)ccc21. The van der Waals surface area contributed by atoms with E-state index >= 15 is 0 Å². The molecule has 0 aliphatic heterocycles. The fourth-order valence-corrected chi connectivity index (χ4v) is 2.04. The average molecular weight is 247 g/mol. The van der Waals surface area contributed by atoms with Crippen LogP contribution in [0, 0.1) is 0 Å². The van der Waals surface area contributed by atoms with Crippen LogP contribution in [0.1, 0.15) is 21.5 Å². The number of allylic oxidation sites excluding steroid dienone is 1. The lowest BCUT2D eigenvalue weighted by atomic mass is 10.0. The first-order valence-electron chi connectivity index (χ1n) is 5.37. The molecule has 0 radical (unpaired) electrons. The highest BCUT2D eigenvalue weighted by Crippen LogP contribution is 2.32. The van der Waals surface area contributed by atoms with E-state index < -0.39 is 11.9 Å². The van der Waals surface area contributed by atoms with E-state index in [1.54, 1.807) is 18.2 Å². The molecule has 1 aliphatic rings. The van der Waals surface area contributed by atoms with Crippen molar-refractivity contribution in [1.82, 2.24) is 0 Å². The fourth-order valence-electron chi connectivity index (χ4n) is 2.04. The zero-order valence-electron chi connectivity index (χ0n) is 10.1. The summed E-state index contributed by atoms with van der Waals surface area (Å²) < 4.78 is 9.33. The standard InChI is InChI=1S/C13H13NO4/c1-17-12(15)7-3-4-9-8(5-7)6-10(14)11(9)13(16)18-2/h3-5H,6,14H2,1-2H3. The van der Waals surface area contributed by atoms with Crippen LogP contribution in [-0.4, -0.2) is 26.2 Å². The molecule has 5 heteroatoms. The summed E-state index contributed by atoms with van der Waals surface area (Å²) in [5, 5.41) is 0. The monoisotopic (exact) mass is 247 g/mol. The minimum absolute atomic E-state index is 0.379. The van der Waals surface area contributed by atoms with E-state index in [0.29, 0.717) is 28.8 Å². The first kappa shape index (κ1) is 12.2. The lowest BCUT2D eigenvalue weighted by molar-refractivity contribution is -0.133. The second-order valence-corrected chi connectivity index (χ2v) is 3.93. The Morgan fingerprint density at radius 3 is 2.44 bits per heavy atom. The van der Waals surface area contributed by atoms with Crippen molar-refractivity contribution in [3.05, 3.63) is 40.6 Å². The van der Waals surface area contributed by atoms with Crippen molar-refractivity contribution >= 4 is 17.5 Å². The number of esters is 2. The summed E-state index contributed by atoms with van der Waals surface area (Å²) in [6.45, 7) is 0. The third-order valence-electron chi connectivity index (χ3n) is 2.89. The smallest absolute Gasteiger partial charge is 0.340 e. The van der Waals surface area contributed by atoms with E-state index in [0.717, 1.165) is 5.56 Å². The van der Waals surface area contributed by atoms with Gasteiger partial charge in [0.1, 0.15) is 0 Å². The largest absolute Gasteiger partial charge is 0.465 e. The molecule has 0 atom stereocenters. The maximum absolute atomic E-state index is 11.6. The van der Waals surface area contributed by atoms with Gasteiger partial charge in [0.2, 0.25) is 0 Å². The molecule has 0 heterocycles. The van der Waals surface area contributed by atoms with Crippen LogP contribution < -0.4 is 5.73 Å². The molecule has 5 nitrogen and oxygen atoms in total. The lowest BCUT2D eigenvalue weighted by Gasteiger charge is -2.05. The van der Waals surface area contributed by atoms with Crippen LogP contribution in [0.2, 0.25) is 0 Å². The Labute approximate surface area is 104 Å². The molecule has 0 aromatic heterocycles. The first-order valence-corrected chi connectivity index (χ1v) is 5.37. The molecule has 0 bridgehead atoms. The molecule has 1 aromatic carbocycles. The van der Waals surface area contributed by atoms with Gasteiger partial charge < -0.3 is 15.2 Å². The summed E-state index contributed by atoms with van der Waals surface area (Å²) in [5.41, 5.74) is 8.65. The van der Waals surface area contributed by atoms with Crippen LogP contribution in [-0.2, 0) is 20.7 Å². The van der Waals surface area contributed by atoms with Crippen LogP contribution >= 0.6 is 0 Å². The molecule has 2 N–H and O–H groups in total. The molecule has 0 unspecified atom stereocenters. The molecule has 0 fully saturated rings. The highest BCUT2D eigenvalue weighted by Gasteiger charge is 2.26. The predicted octanol–water partition coefficient (Wildman–Crippen LogP) is 0.872. The lowest BCUT2D eigenvalue weighted by Crippen LogP contribution is -2.08. The molecule has 1 aromatic rings. The number of fused-ring (bicyclic) bond motifs is 1. The number of ether oxygens (including phenoxy) is 2. The Bertz CT molecular complexity index is 560. The molecular weight excluding hydrogens is 234 g/mol. The first-order chi connectivity index (χ1) is 8.58. The van der Waals surface area contributed by atoms with Crippen molar-refractivity contribution in [3.8, 4) is 0 Å².